The van der Waals surface area contributed by atoms with E-state index >= 15 is 0 Å². The lowest BCUT2D eigenvalue weighted by atomic mass is 10.2. The van der Waals surface area contributed by atoms with Crippen LogP contribution < -0.4 is 9.46 Å². The van der Waals surface area contributed by atoms with E-state index in [2.05, 4.69) is 9.71 Å². The summed E-state index contributed by atoms with van der Waals surface area (Å²) in [5, 5.41) is 1.01. The van der Waals surface area contributed by atoms with Gasteiger partial charge in [-0.25, -0.2) is 12.8 Å². The maximum Gasteiger partial charge on any atom is 0.261 e. The summed E-state index contributed by atoms with van der Waals surface area (Å²) in [4.78, 5) is 4.28. The van der Waals surface area contributed by atoms with Gasteiger partial charge in [-0.05, 0) is 66.7 Å². The predicted molar refractivity (Wildman–Crippen MR) is 105 cm³/mol. The number of benzene rings is 3. The summed E-state index contributed by atoms with van der Waals surface area (Å²) in [6, 6.07) is 20.6. The first kappa shape index (κ1) is 17.9. The molecule has 28 heavy (non-hydrogen) atoms. The third-order valence-corrected chi connectivity index (χ3v) is 5.44. The van der Waals surface area contributed by atoms with Gasteiger partial charge in [0.25, 0.3) is 10.0 Å². The second-order valence-electron chi connectivity index (χ2n) is 6.04. The fraction of sp³-hybridized carbons (Fsp3) is 0. The van der Waals surface area contributed by atoms with Crippen LogP contribution in [0.1, 0.15) is 0 Å². The molecule has 7 heteroatoms. The molecular weight excluding hydrogens is 379 g/mol. The highest BCUT2D eigenvalue weighted by atomic mass is 32.2. The zero-order chi connectivity index (χ0) is 19.6. The van der Waals surface area contributed by atoms with Crippen LogP contribution in [-0.4, -0.2) is 13.4 Å². The summed E-state index contributed by atoms with van der Waals surface area (Å²) < 4.78 is 45.9. The van der Waals surface area contributed by atoms with Gasteiger partial charge >= 0.3 is 0 Å². The number of nitrogens with zero attached hydrogens (tertiary/aromatic N) is 1. The normalized spacial score (nSPS) is 11.3. The molecule has 0 unspecified atom stereocenters. The first-order valence-electron chi connectivity index (χ1n) is 8.41. The van der Waals surface area contributed by atoms with E-state index in [0.717, 1.165) is 23.0 Å². The standard InChI is InChI=1S/C21H15FN2O3S/c22-16-4-11-20(12-5-16)28(25,26)24-17-6-9-18(10-7-17)27-19-8-3-15-2-1-13-23-21(15)14-19/h1-14,24H. The molecule has 0 saturated carbocycles. The van der Waals surface area contributed by atoms with Crippen molar-refractivity contribution in [3.63, 3.8) is 0 Å². The van der Waals surface area contributed by atoms with Crippen molar-refractivity contribution >= 4 is 26.6 Å². The van der Waals surface area contributed by atoms with Crippen LogP contribution in [-0.2, 0) is 10.0 Å². The number of fused-ring (bicyclic) bond motifs is 1. The van der Waals surface area contributed by atoms with Crippen LogP contribution in [0, 0.1) is 5.82 Å². The lowest BCUT2D eigenvalue weighted by Gasteiger charge is -2.10. The van der Waals surface area contributed by atoms with Gasteiger partial charge in [-0.15, -0.1) is 0 Å². The molecule has 1 aromatic heterocycles. The minimum Gasteiger partial charge on any atom is -0.457 e. The predicted octanol–water partition coefficient (Wildman–Crippen LogP) is 4.97. The monoisotopic (exact) mass is 394 g/mol. The van der Waals surface area contributed by atoms with E-state index in [1.165, 1.54) is 12.1 Å². The number of halogens is 1. The molecule has 0 aliphatic carbocycles. The quantitative estimate of drug-likeness (QED) is 0.519. The summed E-state index contributed by atoms with van der Waals surface area (Å²) in [5.74, 6) is 0.690. The Balaban J connectivity index is 1.49. The molecule has 0 atom stereocenters. The number of rotatable bonds is 5. The topological polar surface area (TPSA) is 68.3 Å². The second kappa shape index (κ2) is 7.28. The summed E-state index contributed by atoms with van der Waals surface area (Å²) in [6.45, 7) is 0. The Labute approximate surface area is 161 Å². The fourth-order valence-corrected chi connectivity index (χ4v) is 3.72. The van der Waals surface area contributed by atoms with Gasteiger partial charge in [0.05, 0.1) is 10.4 Å². The molecule has 3 aromatic carbocycles. The summed E-state index contributed by atoms with van der Waals surface area (Å²) >= 11 is 0. The molecule has 0 bridgehead atoms. The highest BCUT2D eigenvalue weighted by Gasteiger charge is 2.14. The highest BCUT2D eigenvalue weighted by molar-refractivity contribution is 7.92. The fourth-order valence-electron chi connectivity index (χ4n) is 2.66. The number of nitrogens with one attached hydrogen (secondary N) is 1. The number of pyridine rings is 1. The van der Waals surface area contributed by atoms with Crippen molar-refractivity contribution in [2.24, 2.45) is 0 Å². The lowest BCUT2D eigenvalue weighted by Crippen LogP contribution is -2.12. The zero-order valence-corrected chi connectivity index (χ0v) is 15.4. The Morgan fingerprint density at radius 2 is 1.57 bits per heavy atom. The maximum absolute atomic E-state index is 13.0. The molecule has 0 aliphatic heterocycles. The lowest BCUT2D eigenvalue weighted by molar-refractivity contribution is 0.483. The van der Waals surface area contributed by atoms with Crippen molar-refractivity contribution < 1.29 is 17.5 Å². The van der Waals surface area contributed by atoms with Crippen molar-refractivity contribution in [1.29, 1.82) is 0 Å². The van der Waals surface area contributed by atoms with E-state index in [9.17, 15) is 12.8 Å². The molecule has 0 radical (unpaired) electrons. The SMILES string of the molecule is O=S(=O)(Nc1ccc(Oc2ccc3cccnc3c2)cc1)c1ccc(F)cc1. The maximum atomic E-state index is 13.0. The number of aromatic nitrogens is 1. The Hall–Kier alpha value is -3.45. The Morgan fingerprint density at radius 3 is 2.32 bits per heavy atom. The van der Waals surface area contributed by atoms with E-state index < -0.39 is 15.8 Å². The largest absolute Gasteiger partial charge is 0.457 e. The minimum atomic E-state index is -3.79. The smallest absolute Gasteiger partial charge is 0.261 e. The van der Waals surface area contributed by atoms with Crippen LogP contribution in [0.5, 0.6) is 11.5 Å². The van der Waals surface area contributed by atoms with Crippen LogP contribution in [0.2, 0.25) is 0 Å². The van der Waals surface area contributed by atoms with Gasteiger partial charge in [-0.3, -0.25) is 9.71 Å². The van der Waals surface area contributed by atoms with Gasteiger partial charge in [0.2, 0.25) is 0 Å². The van der Waals surface area contributed by atoms with Crippen LogP contribution >= 0.6 is 0 Å². The van der Waals surface area contributed by atoms with E-state index in [1.54, 1.807) is 30.5 Å². The molecule has 0 fully saturated rings. The van der Waals surface area contributed by atoms with E-state index in [-0.39, 0.29) is 4.90 Å². The molecule has 0 amide bonds. The average Bonchev–Trinajstić information content (AvgIpc) is 2.69. The third-order valence-electron chi connectivity index (χ3n) is 4.04. The Morgan fingerprint density at radius 1 is 0.857 bits per heavy atom. The number of anilines is 1. The van der Waals surface area contributed by atoms with Gasteiger partial charge < -0.3 is 4.74 Å². The van der Waals surface area contributed by atoms with Crippen LogP contribution in [0.3, 0.4) is 0 Å². The number of ether oxygens (including phenoxy) is 1. The molecule has 4 aromatic rings. The Bertz CT molecular complexity index is 1220. The number of hydrogen-bond acceptors (Lipinski definition) is 4. The van der Waals surface area contributed by atoms with Crippen molar-refractivity contribution in [2.75, 3.05) is 4.72 Å². The van der Waals surface area contributed by atoms with Gasteiger partial charge in [-0.2, -0.15) is 0 Å². The van der Waals surface area contributed by atoms with Gasteiger partial charge in [-0.1, -0.05) is 6.07 Å². The molecule has 1 N–H and O–H groups in total. The highest BCUT2D eigenvalue weighted by Crippen LogP contribution is 2.26. The van der Waals surface area contributed by atoms with E-state index in [1.807, 2.05) is 30.3 Å². The van der Waals surface area contributed by atoms with Gasteiger partial charge in [0.15, 0.2) is 0 Å². The zero-order valence-electron chi connectivity index (χ0n) is 14.5. The number of hydrogen-bond donors (Lipinski definition) is 1. The van der Waals surface area contributed by atoms with Crippen molar-refractivity contribution in [3.05, 3.63) is 90.9 Å². The number of sulfonamides is 1. The molecule has 5 nitrogen and oxygen atoms in total. The van der Waals surface area contributed by atoms with Crippen LogP contribution in [0.4, 0.5) is 10.1 Å². The van der Waals surface area contributed by atoms with Crippen LogP contribution in [0.15, 0.2) is 90.0 Å². The first-order valence-corrected chi connectivity index (χ1v) is 9.89. The van der Waals surface area contributed by atoms with Gasteiger partial charge in [0, 0.05) is 23.3 Å². The van der Waals surface area contributed by atoms with E-state index in [0.29, 0.717) is 17.2 Å². The van der Waals surface area contributed by atoms with Crippen molar-refractivity contribution in [3.8, 4) is 11.5 Å². The summed E-state index contributed by atoms with van der Waals surface area (Å²) in [5.41, 5.74) is 1.19. The minimum absolute atomic E-state index is 0.0158. The third kappa shape index (κ3) is 3.94. The summed E-state index contributed by atoms with van der Waals surface area (Å²) in [7, 11) is -3.79. The molecule has 0 aliphatic rings. The molecular formula is C21H15FN2O3S. The first-order chi connectivity index (χ1) is 13.5. The average molecular weight is 394 g/mol. The van der Waals surface area contributed by atoms with Crippen molar-refractivity contribution in [2.45, 2.75) is 4.90 Å². The van der Waals surface area contributed by atoms with Crippen molar-refractivity contribution in [1.82, 2.24) is 4.98 Å². The van der Waals surface area contributed by atoms with Gasteiger partial charge in [0.1, 0.15) is 17.3 Å². The molecule has 140 valence electrons. The van der Waals surface area contributed by atoms with Crippen LogP contribution in [0.25, 0.3) is 10.9 Å². The van der Waals surface area contributed by atoms with E-state index in [4.69, 9.17) is 4.74 Å². The molecule has 1 heterocycles. The summed E-state index contributed by atoms with van der Waals surface area (Å²) in [6.07, 6.45) is 1.72. The second-order valence-corrected chi connectivity index (χ2v) is 7.73. The Kier molecular flexibility index (Phi) is 4.67. The molecule has 4 rings (SSSR count). The molecule has 0 saturated heterocycles. The molecule has 0 spiro atoms.